The first-order chi connectivity index (χ1) is 48.8. The molecule has 0 aliphatic carbocycles. The van der Waals surface area contributed by atoms with Crippen LogP contribution in [0.3, 0.4) is 0 Å². The van der Waals surface area contributed by atoms with Crippen LogP contribution in [0.2, 0.25) is 0 Å². The van der Waals surface area contributed by atoms with E-state index < -0.39 is 77.5 Å². The minimum absolute atomic E-state index is 0.0255. The Kier molecular flexibility index (Phi) is 61.1. The highest BCUT2D eigenvalue weighted by Crippen LogP contribution is 2.13. The van der Waals surface area contributed by atoms with Gasteiger partial charge in [-0.25, -0.2) is 0 Å². The van der Waals surface area contributed by atoms with E-state index in [1.165, 1.54) is 58.8 Å². The molecule has 0 aromatic carbocycles. The zero-order valence-electron chi connectivity index (χ0n) is 62.1. The average Bonchev–Trinajstić information content (AvgIpc) is 1.05. The van der Waals surface area contributed by atoms with Crippen molar-refractivity contribution in [3.05, 3.63) is 0 Å². The van der Waals surface area contributed by atoms with E-state index in [2.05, 4.69) is 22.4 Å². The van der Waals surface area contributed by atoms with Crippen LogP contribution in [0, 0.1) is 35.5 Å². The number of thiol groups is 1. The number of rotatable bonds is 65. The van der Waals surface area contributed by atoms with Gasteiger partial charge in [0.15, 0.2) is 0 Å². The normalized spacial score (nSPS) is 13.1. The monoisotopic (exact) mass is 1570 g/mol. The molecule has 6 unspecified atom stereocenters. The third-order valence-electron chi connectivity index (χ3n) is 15.0. The number of ether oxygens (including phenoxy) is 12. The fraction of sp³-hybridized carbons (Fsp3) is 0.824. The second kappa shape index (κ2) is 63.8. The molecule has 0 fully saturated rings. The average molecular weight is 1570 g/mol. The summed E-state index contributed by atoms with van der Waals surface area (Å²) in [6.45, 7) is 12.6. The van der Waals surface area contributed by atoms with Crippen molar-refractivity contribution >= 4 is 143 Å². The number of esters is 12. The maximum Gasteiger partial charge on any atom is 0.309 e. The maximum absolute atomic E-state index is 13.3. The van der Waals surface area contributed by atoms with Crippen LogP contribution in [0.25, 0.3) is 0 Å². The molecule has 0 bridgehead atoms. The van der Waals surface area contributed by atoms with Gasteiger partial charge >= 0.3 is 71.6 Å². The fourth-order valence-corrected chi connectivity index (χ4v) is 12.5. The highest BCUT2D eigenvalue weighted by Gasteiger charge is 2.23. The third-order valence-corrected chi connectivity index (χ3v) is 19.7. The van der Waals surface area contributed by atoms with E-state index in [1.807, 2.05) is 41.1 Å². The smallest absolute Gasteiger partial charge is 0.309 e. The van der Waals surface area contributed by atoms with Crippen LogP contribution in [0.4, 0.5) is 0 Å². The summed E-state index contributed by atoms with van der Waals surface area (Å²) in [7, 11) is 0. The molecule has 0 rings (SSSR count). The van der Waals surface area contributed by atoms with E-state index in [-0.39, 0.29) is 192 Å². The number of thioether (sulfide) groups is 5. The van der Waals surface area contributed by atoms with Gasteiger partial charge in [0.2, 0.25) is 0 Å². The Morgan fingerprint density at radius 3 is 0.549 bits per heavy atom. The SMILES string of the molecule is CSCC(C)C(=O)OCCOC(=O)CCN(CCCN(CCCN(CCC(=O)OCCOC(=O)C(C)CSC)CCC(=O)OCCOC(=O)C(C)CSC)CCC(=O)OCCOC(=O)C(C)CSC)CCCN(CCC(=O)OCCOC(=O)C(C)CS)CCC(=O)OCCOC(=O)C(C)CSC. The van der Waals surface area contributed by atoms with E-state index in [0.29, 0.717) is 87.3 Å². The van der Waals surface area contributed by atoms with Gasteiger partial charge in [0.05, 0.1) is 74.0 Å². The summed E-state index contributed by atoms with van der Waals surface area (Å²) in [5, 5.41) is 0. The van der Waals surface area contributed by atoms with Crippen molar-refractivity contribution in [2.45, 2.75) is 99.3 Å². The summed E-state index contributed by atoms with van der Waals surface area (Å²) in [5.41, 5.74) is 0. The molecule has 0 radical (unpaired) electrons. The summed E-state index contributed by atoms with van der Waals surface area (Å²) in [5.74, 6) is -4.60. The lowest BCUT2D eigenvalue weighted by atomic mass is 10.2. The molecule has 0 amide bonds. The first-order valence-electron chi connectivity index (χ1n) is 34.7. The van der Waals surface area contributed by atoms with Crippen LogP contribution in [-0.2, 0) is 114 Å². The Labute approximate surface area is 631 Å². The molecule has 34 heteroatoms. The van der Waals surface area contributed by atoms with E-state index in [0.717, 1.165) is 0 Å². The zero-order chi connectivity index (χ0) is 76.3. The lowest BCUT2D eigenvalue weighted by Crippen LogP contribution is -2.37. The van der Waals surface area contributed by atoms with Crippen LogP contribution in [0.15, 0.2) is 0 Å². The van der Waals surface area contributed by atoms with E-state index in [4.69, 9.17) is 56.8 Å². The van der Waals surface area contributed by atoms with Gasteiger partial charge in [0.25, 0.3) is 0 Å². The largest absolute Gasteiger partial charge is 0.462 e. The predicted octanol–water partition coefficient (Wildman–Crippen LogP) is 5.79. The Bertz CT molecular complexity index is 2350. The van der Waals surface area contributed by atoms with Crippen molar-refractivity contribution in [1.82, 2.24) is 19.6 Å². The van der Waals surface area contributed by atoms with Gasteiger partial charge in [-0.2, -0.15) is 71.4 Å². The fourth-order valence-electron chi connectivity index (χ4n) is 9.13. The van der Waals surface area contributed by atoms with Crippen LogP contribution in [-0.4, -0.2) is 315 Å². The Morgan fingerprint density at radius 1 is 0.245 bits per heavy atom. The van der Waals surface area contributed by atoms with Crippen molar-refractivity contribution in [3.63, 3.8) is 0 Å². The van der Waals surface area contributed by atoms with Crippen LogP contribution >= 0.6 is 71.4 Å². The van der Waals surface area contributed by atoms with Crippen molar-refractivity contribution in [3.8, 4) is 0 Å². The van der Waals surface area contributed by atoms with Crippen LogP contribution in [0.5, 0.6) is 0 Å². The van der Waals surface area contributed by atoms with Crippen molar-refractivity contribution in [2.75, 3.05) is 224 Å². The summed E-state index contributed by atoms with van der Waals surface area (Å²) < 4.78 is 64.1. The standard InChI is InChI=1S/C68H118N4O24S6/c1-51(45-97)63(79)91-39-33-85-59(75)17-29-71(30-18-60(76)88-36-42-94-66(82)54(4)48-100-9)25-13-23-69(27-15-57(73)86-34-40-92-64(80)52(2)46-98-7)21-12-22-70(28-16-58(74)87-35-41-93-65(81)53(3)47-99-8)24-14-26-72(31-19-61(77)89-37-43-95-67(83)55(5)49-101-10)32-20-62(78)90-38-44-96-68(84)56(6)50-102-11/h51-56,97H,12-50H2,1-11H3. The van der Waals surface area contributed by atoms with Gasteiger partial charge in [-0.15, -0.1) is 0 Å². The Morgan fingerprint density at radius 2 is 0.392 bits per heavy atom. The molecule has 28 nitrogen and oxygen atoms in total. The molecule has 6 atom stereocenters. The quantitative estimate of drug-likeness (QED) is 0.0326. The molecule has 0 aromatic heterocycles. The molecule has 0 aliphatic heterocycles. The maximum atomic E-state index is 13.3. The zero-order valence-corrected chi connectivity index (χ0v) is 67.1. The highest BCUT2D eigenvalue weighted by atomic mass is 32.2. The van der Waals surface area contributed by atoms with E-state index >= 15 is 0 Å². The molecule has 102 heavy (non-hydrogen) atoms. The van der Waals surface area contributed by atoms with Gasteiger partial charge in [-0.05, 0) is 89.8 Å². The van der Waals surface area contributed by atoms with Gasteiger partial charge in [-0.1, -0.05) is 41.5 Å². The first kappa shape index (κ1) is 97.6. The molecular formula is C68H118N4O24S6. The Hall–Kier alpha value is -4.42. The first-order valence-corrected chi connectivity index (χ1v) is 42.3. The summed E-state index contributed by atoms with van der Waals surface area (Å²) in [6.07, 6.45) is 10.6. The molecule has 0 saturated carbocycles. The van der Waals surface area contributed by atoms with Crippen molar-refractivity contribution in [1.29, 1.82) is 0 Å². The number of carbonyl (C=O) groups is 12. The molecule has 0 aliphatic rings. The van der Waals surface area contributed by atoms with E-state index in [9.17, 15) is 57.5 Å². The minimum atomic E-state index is -0.556. The van der Waals surface area contributed by atoms with Gasteiger partial charge in [0.1, 0.15) is 79.3 Å². The Balaban J connectivity index is 6.76. The molecular weight excluding hydrogens is 1450 g/mol. The molecule has 0 N–H and O–H groups in total. The van der Waals surface area contributed by atoms with Gasteiger partial charge in [-0.3, -0.25) is 57.5 Å². The lowest BCUT2D eigenvalue weighted by Gasteiger charge is -2.28. The third kappa shape index (κ3) is 53.4. The van der Waals surface area contributed by atoms with Crippen molar-refractivity contribution in [2.24, 2.45) is 35.5 Å². The number of hydrogen-bond donors (Lipinski definition) is 1. The summed E-state index contributed by atoms with van der Waals surface area (Å²) in [4.78, 5) is 160. The van der Waals surface area contributed by atoms with Crippen LogP contribution < -0.4 is 0 Å². The van der Waals surface area contributed by atoms with E-state index in [1.54, 1.807) is 41.5 Å². The van der Waals surface area contributed by atoms with Crippen LogP contribution in [0.1, 0.15) is 99.3 Å². The van der Waals surface area contributed by atoms with Gasteiger partial charge < -0.3 is 76.4 Å². The molecule has 0 spiro atoms. The number of nitrogens with zero attached hydrogens (tertiary/aromatic N) is 4. The molecule has 590 valence electrons. The molecule has 0 saturated heterocycles. The number of carbonyl (C=O) groups excluding carboxylic acids is 12. The summed E-state index contributed by atoms with van der Waals surface area (Å²) in [6, 6.07) is 0. The molecule has 0 aromatic rings. The highest BCUT2D eigenvalue weighted by molar-refractivity contribution is 7.99. The van der Waals surface area contributed by atoms with Crippen molar-refractivity contribution < 1.29 is 114 Å². The topological polar surface area (TPSA) is 329 Å². The second-order valence-electron chi connectivity index (χ2n) is 24.1. The minimum Gasteiger partial charge on any atom is -0.462 e. The number of hydrogen-bond acceptors (Lipinski definition) is 34. The predicted molar refractivity (Wildman–Crippen MR) is 400 cm³/mol. The van der Waals surface area contributed by atoms with Gasteiger partial charge in [0, 0.05) is 73.8 Å². The summed E-state index contributed by atoms with van der Waals surface area (Å²) >= 11 is 11.7. The second-order valence-corrected chi connectivity index (χ2v) is 29.0. The molecule has 0 heterocycles. The lowest BCUT2D eigenvalue weighted by molar-refractivity contribution is -0.154.